The smallest absolute Gasteiger partial charge is 0.250 e. The molecule has 0 saturated carbocycles. The molecule has 1 aromatic heterocycles. The summed E-state index contributed by atoms with van der Waals surface area (Å²) in [6.07, 6.45) is 4.20. The van der Waals surface area contributed by atoms with Crippen molar-refractivity contribution in [2.24, 2.45) is 5.41 Å². The monoisotopic (exact) mass is 249 g/mol. The molecule has 0 aliphatic carbocycles. The molecule has 0 amide bonds. The van der Waals surface area contributed by atoms with E-state index in [1.807, 2.05) is 0 Å². The summed E-state index contributed by atoms with van der Waals surface area (Å²) in [6.45, 7) is 8.57. The van der Waals surface area contributed by atoms with Gasteiger partial charge in [-0.25, -0.2) is 0 Å². The SMILES string of the molecule is CC1(C)CCN(CCn2cc(N)ccc2=O)CC1. The van der Waals surface area contributed by atoms with E-state index in [1.165, 1.54) is 18.9 Å². The van der Waals surface area contributed by atoms with E-state index in [9.17, 15) is 4.79 Å². The molecule has 1 aromatic rings. The zero-order valence-electron chi connectivity index (χ0n) is 11.4. The molecular weight excluding hydrogens is 226 g/mol. The number of rotatable bonds is 3. The summed E-state index contributed by atoms with van der Waals surface area (Å²) in [5.41, 5.74) is 6.85. The molecule has 1 fully saturated rings. The molecule has 2 N–H and O–H groups in total. The number of hydrogen-bond donors (Lipinski definition) is 1. The number of nitrogen functional groups attached to an aromatic ring is 1. The second-order valence-electron chi connectivity index (χ2n) is 6.00. The molecule has 18 heavy (non-hydrogen) atoms. The Kier molecular flexibility index (Phi) is 3.76. The van der Waals surface area contributed by atoms with Crippen molar-refractivity contribution < 1.29 is 0 Å². The van der Waals surface area contributed by atoms with E-state index < -0.39 is 0 Å². The highest BCUT2D eigenvalue weighted by molar-refractivity contribution is 5.33. The molecule has 1 aliphatic rings. The van der Waals surface area contributed by atoms with E-state index >= 15 is 0 Å². The average molecular weight is 249 g/mol. The summed E-state index contributed by atoms with van der Waals surface area (Å²) in [6, 6.07) is 3.19. The minimum Gasteiger partial charge on any atom is -0.398 e. The minimum absolute atomic E-state index is 0.0292. The fourth-order valence-electron chi connectivity index (χ4n) is 2.36. The van der Waals surface area contributed by atoms with Crippen molar-refractivity contribution >= 4 is 5.69 Å². The Morgan fingerprint density at radius 1 is 1.22 bits per heavy atom. The average Bonchev–Trinajstić information content (AvgIpc) is 2.32. The van der Waals surface area contributed by atoms with Gasteiger partial charge in [-0.15, -0.1) is 0 Å². The van der Waals surface area contributed by atoms with Crippen LogP contribution in [0.3, 0.4) is 0 Å². The number of likely N-dealkylation sites (tertiary alicyclic amines) is 1. The summed E-state index contributed by atoms with van der Waals surface area (Å²) in [5.74, 6) is 0. The molecule has 2 heterocycles. The Hall–Kier alpha value is -1.29. The largest absolute Gasteiger partial charge is 0.398 e. The summed E-state index contributed by atoms with van der Waals surface area (Å²) < 4.78 is 1.70. The van der Waals surface area contributed by atoms with Gasteiger partial charge in [0.05, 0.1) is 0 Å². The first-order valence-corrected chi connectivity index (χ1v) is 6.65. The van der Waals surface area contributed by atoms with Crippen molar-refractivity contribution in [3.05, 3.63) is 28.7 Å². The molecule has 4 heteroatoms. The standard InChI is InChI=1S/C14H23N3O/c1-14(2)5-7-16(8-6-14)9-10-17-11-12(15)3-4-13(17)18/h3-4,11H,5-10,15H2,1-2H3. The van der Waals surface area contributed by atoms with Gasteiger partial charge in [-0.3, -0.25) is 4.79 Å². The van der Waals surface area contributed by atoms with Crippen molar-refractivity contribution in [1.29, 1.82) is 0 Å². The van der Waals surface area contributed by atoms with Crippen LogP contribution >= 0.6 is 0 Å². The highest BCUT2D eigenvalue weighted by Crippen LogP contribution is 2.29. The van der Waals surface area contributed by atoms with Gasteiger partial charge in [-0.2, -0.15) is 0 Å². The quantitative estimate of drug-likeness (QED) is 0.884. The van der Waals surface area contributed by atoms with E-state index in [-0.39, 0.29) is 5.56 Å². The molecule has 2 rings (SSSR count). The van der Waals surface area contributed by atoms with Gasteiger partial charge in [0, 0.05) is 31.0 Å². The Bertz CT molecular complexity index is 454. The van der Waals surface area contributed by atoms with Crippen LogP contribution in [0.25, 0.3) is 0 Å². The third kappa shape index (κ3) is 3.35. The zero-order chi connectivity index (χ0) is 13.2. The number of aromatic nitrogens is 1. The second kappa shape index (κ2) is 5.14. The maximum absolute atomic E-state index is 11.6. The van der Waals surface area contributed by atoms with Gasteiger partial charge in [-0.05, 0) is 37.4 Å². The predicted octanol–water partition coefficient (Wildman–Crippen LogP) is 1.55. The lowest BCUT2D eigenvalue weighted by molar-refractivity contribution is 0.129. The number of hydrogen-bond acceptors (Lipinski definition) is 3. The highest BCUT2D eigenvalue weighted by atomic mass is 16.1. The van der Waals surface area contributed by atoms with Crippen molar-refractivity contribution in [2.45, 2.75) is 33.2 Å². The van der Waals surface area contributed by atoms with Crippen LogP contribution in [-0.2, 0) is 6.54 Å². The van der Waals surface area contributed by atoms with Gasteiger partial charge in [0.25, 0.3) is 5.56 Å². The fourth-order valence-corrected chi connectivity index (χ4v) is 2.36. The molecule has 0 radical (unpaired) electrons. The molecule has 0 unspecified atom stereocenters. The first-order chi connectivity index (χ1) is 8.46. The molecule has 0 spiro atoms. The van der Waals surface area contributed by atoms with Crippen LogP contribution in [0.5, 0.6) is 0 Å². The van der Waals surface area contributed by atoms with Gasteiger partial charge in [0.2, 0.25) is 0 Å². The van der Waals surface area contributed by atoms with Gasteiger partial charge < -0.3 is 15.2 Å². The van der Waals surface area contributed by atoms with E-state index in [0.717, 1.165) is 26.2 Å². The Balaban J connectivity index is 1.89. The summed E-state index contributed by atoms with van der Waals surface area (Å²) in [7, 11) is 0. The van der Waals surface area contributed by atoms with Crippen LogP contribution in [0.4, 0.5) is 5.69 Å². The lowest BCUT2D eigenvalue weighted by Gasteiger charge is -2.36. The van der Waals surface area contributed by atoms with Crippen LogP contribution in [-0.4, -0.2) is 29.1 Å². The molecule has 1 saturated heterocycles. The molecule has 0 bridgehead atoms. The van der Waals surface area contributed by atoms with Crippen LogP contribution in [0, 0.1) is 5.41 Å². The molecule has 4 nitrogen and oxygen atoms in total. The first-order valence-electron chi connectivity index (χ1n) is 6.65. The van der Waals surface area contributed by atoms with Crippen molar-refractivity contribution in [2.75, 3.05) is 25.4 Å². The topological polar surface area (TPSA) is 51.3 Å². The minimum atomic E-state index is 0.0292. The Morgan fingerprint density at radius 2 is 1.89 bits per heavy atom. The van der Waals surface area contributed by atoms with E-state index in [0.29, 0.717) is 11.1 Å². The Labute approximate surface area is 108 Å². The first kappa shape index (κ1) is 13.1. The van der Waals surface area contributed by atoms with Crippen LogP contribution in [0.15, 0.2) is 23.1 Å². The maximum atomic E-state index is 11.6. The number of pyridine rings is 1. The Morgan fingerprint density at radius 3 is 2.56 bits per heavy atom. The third-order valence-corrected chi connectivity index (χ3v) is 3.87. The van der Waals surface area contributed by atoms with Crippen molar-refractivity contribution in [3.8, 4) is 0 Å². The van der Waals surface area contributed by atoms with E-state index in [1.54, 1.807) is 16.8 Å². The third-order valence-electron chi connectivity index (χ3n) is 3.87. The molecule has 0 atom stereocenters. The fraction of sp³-hybridized carbons (Fsp3) is 0.643. The normalized spacial score (nSPS) is 19.9. The second-order valence-corrected chi connectivity index (χ2v) is 6.00. The zero-order valence-corrected chi connectivity index (χ0v) is 11.4. The molecule has 1 aliphatic heterocycles. The molecular formula is C14H23N3O. The number of piperidine rings is 1. The highest BCUT2D eigenvalue weighted by Gasteiger charge is 2.24. The lowest BCUT2D eigenvalue weighted by Crippen LogP contribution is -2.39. The predicted molar refractivity (Wildman–Crippen MR) is 74.6 cm³/mol. The molecule has 100 valence electrons. The van der Waals surface area contributed by atoms with E-state index in [2.05, 4.69) is 18.7 Å². The van der Waals surface area contributed by atoms with Gasteiger partial charge in [-0.1, -0.05) is 13.8 Å². The summed E-state index contributed by atoms with van der Waals surface area (Å²) in [5, 5.41) is 0. The van der Waals surface area contributed by atoms with Gasteiger partial charge in [0.15, 0.2) is 0 Å². The van der Waals surface area contributed by atoms with Crippen LogP contribution in [0.2, 0.25) is 0 Å². The summed E-state index contributed by atoms with van der Waals surface area (Å²) >= 11 is 0. The maximum Gasteiger partial charge on any atom is 0.250 e. The van der Waals surface area contributed by atoms with Crippen molar-refractivity contribution in [1.82, 2.24) is 9.47 Å². The van der Waals surface area contributed by atoms with Crippen LogP contribution < -0.4 is 11.3 Å². The van der Waals surface area contributed by atoms with E-state index in [4.69, 9.17) is 5.73 Å². The number of nitrogens with two attached hydrogens (primary N) is 1. The van der Waals surface area contributed by atoms with Crippen LogP contribution in [0.1, 0.15) is 26.7 Å². The summed E-state index contributed by atoms with van der Waals surface area (Å²) in [4.78, 5) is 14.1. The van der Waals surface area contributed by atoms with Gasteiger partial charge >= 0.3 is 0 Å². The van der Waals surface area contributed by atoms with Crippen molar-refractivity contribution in [3.63, 3.8) is 0 Å². The van der Waals surface area contributed by atoms with Gasteiger partial charge in [0.1, 0.15) is 0 Å². The molecule has 0 aromatic carbocycles. The number of anilines is 1. The number of nitrogens with zero attached hydrogens (tertiary/aromatic N) is 2. The lowest BCUT2D eigenvalue weighted by atomic mass is 9.83.